The molecule has 0 amide bonds. The Hall–Kier alpha value is -3.32. The molecule has 0 saturated heterocycles. The lowest BCUT2D eigenvalue weighted by Gasteiger charge is -2.25. The second-order valence-corrected chi connectivity index (χ2v) is 8.34. The Balaban J connectivity index is 1.62. The topological polar surface area (TPSA) is 3.24 Å². The number of rotatable bonds is 3. The third kappa shape index (κ3) is 2.77. The minimum Gasteiger partial charge on any atom is -0.344 e. The van der Waals surface area contributed by atoms with Crippen LogP contribution >= 0.6 is 0 Å². The lowest BCUT2D eigenvalue weighted by molar-refractivity contribution is 0.660. The Labute approximate surface area is 173 Å². The van der Waals surface area contributed by atoms with Gasteiger partial charge in [-0.25, -0.2) is 0 Å². The van der Waals surface area contributed by atoms with Crippen molar-refractivity contribution in [1.29, 1.82) is 0 Å². The van der Waals surface area contributed by atoms with Crippen LogP contribution in [-0.2, 0) is 5.41 Å². The van der Waals surface area contributed by atoms with Crippen molar-refractivity contribution in [3.63, 3.8) is 0 Å². The number of hydrogen-bond donors (Lipinski definition) is 0. The summed E-state index contributed by atoms with van der Waals surface area (Å²) in [7, 11) is 2.16. The molecule has 1 heteroatoms. The SMILES string of the molecule is CN(c1ccc2c(c1)-c1ccccc1C2(C)C)c1ccccc1-c1ccccc1. The highest BCUT2D eigenvalue weighted by atomic mass is 15.1. The quantitative estimate of drug-likeness (QED) is 0.360. The zero-order chi connectivity index (χ0) is 20.0. The van der Waals surface area contributed by atoms with Crippen molar-refractivity contribution in [1.82, 2.24) is 0 Å². The van der Waals surface area contributed by atoms with Crippen LogP contribution in [0, 0.1) is 0 Å². The molecule has 0 radical (unpaired) electrons. The summed E-state index contributed by atoms with van der Waals surface area (Å²) < 4.78 is 0. The molecule has 1 nitrogen and oxygen atoms in total. The largest absolute Gasteiger partial charge is 0.344 e. The number of hydrogen-bond acceptors (Lipinski definition) is 1. The molecule has 0 saturated carbocycles. The molecule has 0 aromatic heterocycles. The van der Waals surface area contributed by atoms with Crippen LogP contribution < -0.4 is 4.90 Å². The first kappa shape index (κ1) is 17.8. The summed E-state index contributed by atoms with van der Waals surface area (Å²) in [4.78, 5) is 2.30. The van der Waals surface area contributed by atoms with Crippen LogP contribution in [0.1, 0.15) is 25.0 Å². The lowest BCUT2D eigenvalue weighted by Crippen LogP contribution is -2.15. The Morgan fingerprint density at radius 3 is 2.00 bits per heavy atom. The van der Waals surface area contributed by atoms with Crippen molar-refractivity contribution in [3.8, 4) is 22.3 Å². The Morgan fingerprint density at radius 1 is 0.586 bits per heavy atom. The van der Waals surface area contributed by atoms with Crippen LogP contribution in [0.15, 0.2) is 97.1 Å². The summed E-state index contributed by atoms with van der Waals surface area (Å²) in [6.07, 6.45) is 0. The van der Waals surface area contributed by atoms with E-state index in [0.717, 1.165) is 0 Å². The van der Waals surface area contributed by atoms with Crippen LogP contribution in [0.5, 0.6) is 0 Å². The molecule has 142 valence electrons. The average Bonchev–Trinajstić information content (AvgIpc) is 3.01. The van der Waals surface area contributed by atoms with Gasteiger partial charge in [-0.1, -0.05) is 92.7 Å². The van der Waals surface area contributed by atoms with Crippen LogP contribution in [0.4, 0.5) is 11.4 Å². The van der Waals surface area contributed by atoms with E-state index in [1.165, 1.54) is 44.8 Å². The number of fused-ring (bicyclic) bond motifs is 3. The summed E-state index contributed by atoms with van der Waals surface area (Å²) in [6.45, 7) is 4.65. The molecule has 0 bridgehead atoms. The van der Waals surface area contributed by atoms with Crippen molar-refractivity contribution < 1.29 is 0 Å². The monoisotopic (exact) mass is 375 g/mol. The van der Waals surface area contributed by atoms with Gasteiger partial charge >= 0.3 is 0 Å². The minimum atomic E-state index is 0.0466. The van der Waals surface area contributed by atoms with Gasteiger partial charge in [-0.15, -0.1) is 0 Å². The highest BCUT2D eigenvalue weighted by molar-refractivity contribution is 5.86. The van der Waals surface area contributed by atoms with Crippen molar-refractivity contribution in [2.24, 2.45) is 0 Å². The van der Waals surface area contributed by atoms with Crippen LogP contribution in [-0.4, -0.2) is 7.05 Å². The molecular weight excluding hydrogens is 350 g/mol. The summed E-state index contributed by atoms with van der Waals surface area (Å²) in [5.41, 5.74) is 10.5. The third-order valence-electron chi connectivity index (χ3n) is 6.30. The highest BCUT2D eigenvalue weighted by Gasteiger charge is 2.35. The average molecular weight is 376 g/mol. The summed E-state index contributed by atoms with van der Waals surface area (Å²) >= 11 is 0. The zero-order valence-corrected chi connectivity index (χ0v) is 17.2. The first-order valence-corrected chi connectivity index (χ1v) is 10.2. The van der Waals surface area contributed by atoms with Crippen LogP contribution in [0.2, 0.25) is 0 Å². The van der Waals surface area contributed by atoms with E-state index in [-0.39, 0.29) is 5.41 Å². The summed E-state index contributed by atoms with van der Waals surface area (Å²) in [6, 6.07) is 35.0. The van der Waals surface area contributed by atoms with E-state index in [4.69, 9.17) is 0 Å². The van der Waals surface area contributed by atoms with E-state index in [2.05, 4.69) is 123 Å². The number of anilines is 2. The van der Waals surface area contributed by atoms with E-state index >= 15 is 0 Å². The van der Waals surface area contributed by atoms with Crippen LogP contribution in [0.25, 0.3) is 22.3 Å². The molecule has 0 heterocycles. The first-order valence-electron chi connectivity index (χ1n) is 10.2. The van der Waals surface area contributed by atoms with Gasteiger partial charge in [-0.2, -0.15) is 0 Å². The molecule has 5 rings (SSSR count). The summed E-state index contributed by atoms with van der Waals surface area (Å²) in [5, 5.41) is 0. The molecule has 0 atom stereocenters. The van der Waals surface area contributed by atoms with Gasteiger partial charge in [-0.3, -0.25) is 0 Å². The normalized spacial score (nSPS) is 13.6. The maximum absolute atomic E-state index is 2.35. The number of para-hydroxylation sites is 1. The fraction of sp³-hybridized carbons (Fsp3) is 0.143. The molecule has 1 aliphatic rings. The van der Waals surface area contributed by atoms with Gasteiger partial charge in [0.15, 0.2) is 0 Å². The fourth-order valence-electron chi connectivity index (χ4n) is 4.68. The zero-order valence-electron chi connectivity index (χ0n) is 17.2. The predicted molar refractivity (Wildman–Crippen MR) is 124 cm³/mol. The van der Waals surface area contributed by atoms with E-state index < -0.39 is 0 Å². The van der Waals surface area contributed by atoms with Gasteiger partial charge in [0, 0.05) is 29.4 Å². The molecule has 0 fully saturated rings. The van der Waals surface area contributed by atoms with E-state index in [0.29, 0.717) is 0 Å². The van der Waals surface area contributed by atoms with E-state index in [9.17, 15) is 0 Å². The Bertz CT molecular complexity index is 1190. The molecule has 0 N–H and O–H groups in total. The van der Waals surface area contributed by atoms with Gasteiger partial charge in [0.05, 0.1) is 0 Å². The minimum absolute atomic E-state index is 0.0466. The first-order chi connectivity index (χ1) is 14.1. The third-order valence-corrected chi connectivity index (χ3v) is 6.30. The molecule has 29 heavy (non-hydrogen) atoms. The summed E-state index contributed by atoms with van der Waals surface area (Å²) in [5.74, 6) is 0. The molecule has 0 aliphatic heterocycles. The van der Waals surface area contributed by atoms with Gasteiger partial charge in [0.1, 0.15) is 0 Å². The molecular formula is C28H25N. The molecule has 4 aromatic rings. The highest BCUT2D eigenvalue weighted by Crippen LogP contribution is 2.49. The van der Waals surface area contributed by atoms with E-state index in [1.54, 1.807) is 0 Å². The molecule has 0 spiro atoms. The number of benzene rings is 4. The maximum atomic E-state index is 2.35. The van der Waals surface area contributed by atoms with Gasteiger partial charge in [-0.05, 0) is 46.0 Å². The Kier molecular flexibility index (Phi) is 4.06. The number of nitrogens with zero attached hydrogens (tertiary/aromatic N) is 1. The standard InChI is InChI=1S/C28H25N/c1-28(2)25-15-9-7-14-23(25)24-19-21(17-18-26(24)28)29(3)27-16-10-8-13-22(27)20-11-5-4-6-12-20/h4-19H,1-3H3. The van der Waals surface area contributed by atoms with Gasteiger partial charge in [0.2, 0.25) is 0 Å². The fourth-order valence-corrected chi connectivity index (χ4v) is 4.68. The van der Waals surface area contributed by atoms with Crippen LogP contribution in [0.3, 0.4) is 0 Å². The van der Waals surface area contributed by atoms with Crippen molar-refractivity contribution in [2.45, 2.75) is 19.3 Å². The van der Waals surface area contributed by atoms with Crippen molar-refractivity contribution in [2.75, 3.05) is 11.9 Å². The predicted octanol–water partition coefficient (Wildman–Crippen LogP) is 7.43. The molecule has 1 aliphatic carbocycles. The maximum Gasteiger partial charge on any atom is 0.0487 e. The van der Waals surface area contributed by atoms with Crippen molar-refractivity contribution >= 4 is 11.4 Å². The second kappa shape index (κ2) is 6.63. The smallest absolute Gasteiger partial charge is 0.0487 e. The Morgan fingerprint density at radius 2 is 1.21 bits per heavy atom. The van der Waals surface area contributed by atoms with E-state index in [1.807, 2.05) is 0 Å². The lowest BCUT2D eigenvalue weighted by atomic mass is 9.82. The van der Waals surface area contributed by atoms with Crippen molar-refractivity contribution in [3.05, 3.63) is 108 Å². The van der Waals surface area contributed by atoms with Gasteiger partial charge in [0.25, 0.3) is 0 Å². The molecule has 0 unspecified atom stereocenters. The van der Waals surface area contributed by atoms with Gasteiger partial charge < -0.3 is 4.90 Å². The molecule has 4 aromatic carbocycles. The second-order valence-electron chi connectivity index (χ2n) is 8.34.